The second kappa shape index (κ2) is 4.42. The Labute approximate surface area is 100 Å². The number of halogens is 1. The quantitative estimate of drug-likeness (QED) is 0.601. The van der Waals surface area contributed by atoms with Crippen molar-refractivity contribution < 1.29 is 17.7 Å². The Bertz CT molecular complexity index is 355. The van der Waals surface area contributed by atoms with Crippen LogP contribution < -0.4 is 0 Å². The monoisotopic (exact) mass is 269 g/mol. The predicted octanol–water partition coefficient (Wildman–Crippen LogP) is 0.694. The summed E-state index contributed by atoms with van der Waals surface area (Å²) in [7, 11) is -3.86. The normalized spacial score (nSPS) is 30.2. The van der Waals surface area contributed by atoms with Crippen LogP contribution in [0.3, 0.4) is 0 Å². The molecule has 94 valence electrons. The average molecular weight is 270 g/mol. The third kappa shape index (κ3) is 3.07. The minimum atomic E-state index is -3.86. The van der Waals surface area contributed by atoms with Gasteiger partial charge in [0.1, 0.15) is 5.56 Å². The highest BCUT2D eigenvalue weighted by Gasteiger charge is 2.49. The van der Waals surface area contributed by atoms with E-state index in [1.165, 1.54) is 0 Å². The maximum atomic E-state index is 10.7. The Hall–Kier alpha value is 0.120. The van der Waals surface area contributed by atoms with Crippen molar-refractivity contribution in [3.63, 3.8) is 0 Å². The fraction of sp³-hybridized carbons (Fsp3) is 1.00. The van der Waals surface area contributed by atoms with Crippen LogP contribution in [0.2, 0.25) is 0 Å². The number of alkyl halides is 1. The van der Waals surface area contributed by atoms with Gasteiger partial charge in [0.15, 0.2) is 0 Å². The standard InChI is InChI=1S/C9H16ClNO4S/c10-8-7-11(4-5-15-8)9(1-2-9)3-6-16(12,13)14/h8H,1-7H2,(H,12,13,14). The maximum Gasteiger partial charge on any atom is 0.264 e. The molecule has 5 nitrogen and oxygen atoms in total. The molecule has 1 saturated carbocycles. The van der Waals surface area contributed by atoms with Gasteiger partial charge in [-0.3, -0.25) is 9.45 Å². The van der Waals surface area contributed by atoms with Crippen LogP contribution in [0.5, 0.6) is 0 Å². The summed E-state index contributed by atoms with van der Waals surface area (Å²) in [5.74, 6) is -0.169. The zero-order valence-electron chi connectivity index (χ0n) is 8.93. The van der Waals surface area contributed by atoms with Crippen LogP contribution in [-0.2, 0) is 14.9 Å². The van der Waals surface area contributed by atoms with E-state index in [0.717, 1.165) is 19.4 Å². The first-order valence-electron chi connectivity index (χ1n) is 5.37. The van der Waals surface area contributed by atoms with E-state index in [4.69, 9.17) is 20.9 Å². The lowest BCUT2D eigenvalue weighted by molar-refractivity contribution is -0.0118. The maximum absolute atomic E-state index is 10.7. The molecule has 7 heteroatoms. The van der Waals surface area contributed by atoms with Crippen molar-refractivity contribution in [1.29, 1.82) is 0 Å². The van der Waals surface area contributed by atoms with Crippen molar-refractivity contribution in [2.24, 2.45) is 0 Å². The summed E-state index contributed by atoms with van der Waals surface area (Å²) < 4.78 is 35.5. The van der Waals surface area contributed by atoms with Crippen molar-refractivity contribution in [2.75, 3.05) is 25.4 Å². The van der Waals surface area contributed by atoms with E-state index in [9.17, 15) is 8.42 Å². The van der Waals surface area contributed by atoms with Crippen molar-refractivity contribution in [3.05, 3.63) is 0 Å². The van der Waals surface area contributed by atoms with Gasteiger partial charge in [-0.25, -0.2) is 0 Å². The van der Waals surface area contributed by atoms with Gasteiger partial charge in [-0.2, -0.15) is 8.42 Å². The molecule has 1 aliphatic carbocycles. The van der Waals surface area contributed by atoms with Gasteiger partial charge in [-0.05, 0) is 19.3 Å². The third-order valence-electron chi connectivity index (χ3n) is 3.35. The molecule has 0 bridgehead atoms. The molecule has 0 aromatic heterocycles. The Kier molecular flexibility index (Phi) is 3.47. The molecule has 2 rings (SSSR count). The molecule has 0 amide bonds. The first kappa shape index (κ1) is 12.6. The number of hydrogen-bond acceptors (Lipinski definition) is 4. The lowest BCUT2D eigenvalue weighted by Crippen LogP contribution is -2.48. The fourth-order valence-corrected chi connectivity index (χ4v) is 3.12. The van der Waals surface area contributed by atoms with Crippen molar-refractivity contribution >= 4 is 21.7 Å². The molecule has 1 aliphatic heterocycles. The summed E-state index contributed by atoms with van der Waals surface area (Å²) in [5.41, 5.74) is -0.371. The molecule has 16 heavy (non-hydrogen) atoms. The van der Waals surface area contributed by atoms with Gasteiger partial charge in [0, 0.05) is 18.6 Å². The predicted molar refractivity (Wildman–Crippen MR) is 60.2 cm³/mol. The molecule has 1 saturated heterocycles. The second-order valence-corrected chi connectivity index (χ2v) is 6.55. The van der Waals surface area contributed by atoms with E-state index in [1.807, 2.05) is 0 Å². The van der Waals surface area contributed by atoms with E-state index in [1.54, 1.807) is 0 Å². The lowest BCUT2D eigenvalue weighted by Gasteiger charge is -2.36. The first-order valence-corrected chi connectivity index (χ1v) is 7.42. The Morgan fingerprint density at radius 3 is 2.69 bits per heavy atom. The second-order valence-electron chi connectivity index (χ2n) is 4.49. The molecular formula is C9H16ClNO4S. The SMILES string of the molecule is O=S(=O)(O)CCC1(N2CCOC(Cl)C2)CC1. The minimum Gasteiger partial charge on any atom is -0.360 e. The smallest absolute Gasteiger partial charge is 0.264 e. The summed E-state index contributed by atoms with van der Waals surface area (Å²) in [5, 5.41) is 0. The number of ether oxygens (including phenoxy) is 1. The molecular weight excluding hydrogens is 254 g/mol. The number of nitrogens with zero attached hydrogens (tertiary/aromatic N) is 1. The largest absolute Gasteiger partial charge is 0.360 e. The zero-order valence-corrected chi connectivity index (χ0v) is 10.5. The Morgan fingerprint density at radius 2 is 2.19 bits per heavy atom. The van der Waals surface area contributed by atoms with Gasteiger partial charge in [0.05, 0.1) is 12.4 Å². The van der Waals surface area contributed by atoms with Crippen LogP contribution in [0.1, 0.15) is 19.3 Å². The Balaban J connectivity index is 1.92. The molecule has 1 atom stereocenters. The topological polar surface area (TPSA) is 66.8 Å². The van der Waals surface area contributed by atoms with Crippen molar-refractivity contribution in [1.82, 2.24) is 4.90 Å². The number of hydrogen-bond donors (Lipinski definition) is 1. The van der Waals surface area contributed by atoms with Crippen LogP contribution in [-0.4, -0.2) is 54.4 Å². The highest BCUT2D eigenvalue weighted by atomic mass is 35.5. The molecule has 0 spiro atoms. The van der Waals surface area contributed by atoms with Crippen LogP contribution >= 0.6 is 11.6 Å². The average Bonchev–Trinajstić information content (AvgIpc) is 2.94. The Morgan fingerprint density at radius 1 is 1.50 bits per heavy atom. The minimum absolute atomic E-state index is 0.0628. The summed E-state index contributed by atoms with van der Waals surface area (Å²) in [6.45, 7) is 2.00. The summed E-state index contributed by atoms with van der Waals surface area (Å²) >= 11 is 5.90. The van der Waals surface area contributed by atoms with E-state index in [-0.39, 0.29) is 16.9 Å². The molecule has 0 aromatic rings. The molecule has 1 heterocycles. The number of rotatable bonds is 4. The van der Waals surface area contributed by atoms with Crippen LogP contribution in [0.4, 0.5) is 0 Å². The van der Waals surface area contributed by atoms with E-state index >= 15 is 0 Å². The van der Waals surface area contributed by atoms with Gasteiger partial charge in [0.2, 0.25) is 0 Å². The fourth-order valence-electron chi connectivity index (χ4n) is 2.23. The zero-order chi connectivity index (χ0) is 11.8. The van der Waals surface area contributed by atoms with E-state index < -0.39 is 10.1 Å². The first-order chi connectivity index (χ1) is 7.41. The number of morpholine rings is 1. The highest BCUT2D eigenvalue weighted by molar-refractivity contribution is 7.85. The third-order valence-corrected chi connectivity index (χ3v) is 4.33. The van der Waals surface area contributed by atoms with Gasteiger partial charge in [-0.15, -0.1) is 0 Å². The van der Waals surface area contributed by atoms with Gasteiger partial charge < -0.3 is 4.74 Å². The highest BCUT2D eigenvalue weighted by Crippen LogP contribution is 2.45. The van der Waals surface area contributed by atoms with Crippen LogP contribution in [0.15, 0.2) is 0 Å². The summed E-state index contributed by atoms with van der Waals surface area (Å²) in [6, 6.07) is 0. The van der Waals surface area contributed by atoms with Crippen LogP contribution in [0.25, 0.3) is 0 Å². The van der Waals surface area contributed by atoms with E-state index in [0.29, 0.717) is 19.6 Å². The molecule has 2 aliphatic rings. The summed E-state index contributed by atoms with van der Waals surface area (Å²) in [6.07, 6.45) is 2.44. The van der Waals surface area contributed by atoms with Crippen molar-refractivity contribution in [3.8, 4) is 0 Å². The van der Waals surface area contributed by atoms with Gasteiger partial charge in [0.25, 0.3) is 10.1 Å². The summed E-state index contributed by atoms with van der Waals surface area (Å²) in [4.78, 5) is 2.19. The van der Waals surface area contributed by atoms with E-state index in [2.05, 4.69) is 4.90 Å². The van der Waals surface area contributed by atoms with Crippen LogP contribution in [0, 0.1) is 0 Å². The lowest BCUT2D eigenvalue weighted by atomic mass is 10.1. The molecule has 2 fully saturated rings. The molecule has 1 unspecified atom stereocenters. The van der Waals surface area contributed by atoms with Crippen molar-refractivity contribution in [2.45, 2.75) is 30.4 Å². The van der Waals surface area contributed by atoms with Gasteiger partial charge >= 0.3 is 0 Å². The molecule has 0 radical (unpaired) electrons. The molecule has 1 N–H and O–H groups in total. The molecule has 0 aromatic carbocycles. The van der Waals surface area contributed by atoms with Gasteiger partial charge in [-0.1, -0.05) is 11.6 Å².